The lowest BCUT2D eigenvalue weighted by molar-refractivity contribution is 0.0974. The van der Waals surface area contributed by atoms with Crippen molar-refractivity contribution < 1.29 is 0 Å². The highest BCUT2D eigenvalue weighted by atomic mass is 15.2. The highest BCUT2D eigenvalue weighted by Crippen LogP contribution is 2.29. The van der Waals surface area contributed by atoms with E-state index in [1.807, 2.05) is 6.07 Å². The Hall–Kier alpha value is -1.56. The molecule has 0 radical (unpaired) electrons. The number of fused-ring (bicyclic) bond motifs is 3. The van der Waals surface area contributed by atoms with E-state index in [2.05, 4.69) is 32.4 Å². The summed E-state index contributed by atoms with van der Waals surface area (Å²) >= 11 is 0. The molecule has 1 unspecified atom stereocenters. The number of piperidine rings is 3. The van der Waals surface area contributed by atoms with Crippen molar-refractivity contribution in [2.75, 3.05) is 42.5 Å². The summed E-state index contributed by atoms with van der Waals surface area (Å²) in [6.45, 7) is 6.64. The Morgan fingerprint density at radius 3 is 2.70 bits per heavy atom. The van der Waals surface area contributed by atoms with Crippen LogP contribution in [0, 0.1) is 5.92 Å². The molecule has 4 rings (SSSR count). The molecule has 1 aromatic rings. The van der Waals surface area contributed by atoms with Gasteiger partial charge in [-0.25, -0.2) is 0 Å². The first-order valence-electron chi connectivity index (χ1n) is 7.62. The maximum absolute atomic E-state index is 5.80. The molecule has 1 aromatic heterocycles. The average molecular weight is 276 g/mol. The van der Waals surface area contributed by atoms with Gasteiger partial charge in [0.15, 0.2) is 0 Å². The molecule has 0 aliphatic carbocycles. The average Bonchev–Trinajstić information content (AvgIpc) is 2.46. The van der Waals surface area contributed by atoms with Gasteiger partial charge in [0.05, 0.1) is 0 Å². The second-order valence-electron chi connectivity index (χ2n) is 5.81. The Balaban J connectivity index is 1.68. The van der Waals surface area contributed by atoms with Crippen molar-refractivity contribution in [1.82, 2.24) is 14.9 Å². The number of nitrogens with zero attached hydrogens (tertiary/aromatic N) is 3. The van der Waals surface area contributed by atoms with E-state index >= 15 is 0 Å². The van der Waals surface area contributed by atoms with Crippen molar-refractivity contribution in [1.29, 1.82) is 0 Å². The summed E-state index contributed by atoms with van der Waals surface area (Å²) in [6, 6.07) is 2.45. The van der Waals surface area contributed by atoms with Gasteiger partial charge >= 0.3 is 0 Å². The first-order chi connectivity index (χ1) is 9.74. The summed E-state index contributed by atoms with van der Waals surface area (Å²) in [7, 11) is 0. The molecule has 3 aliphatic rings. The fourth-order valence-corrected chi connectivity index (χ4v) is 3.20. The molecule has 0 aromatic carbocycles. The number of hydrogen-bond donors (Lipinski definition) is 3. The van der Waals surface area contributed by atoms with Crippen LogP contribution in [0.5, 0.6) is 0 Å². The maximum Gasteiger partial charge on any atom is 0.223 e. The number of nitrogens with two attached hydrogens (primary N) is 1. The molecule has 6 heteroatoms. The first kappa shape index (κ1) is 13.4. The van der Waals surface area contributed by atoms with Gasteiger partial charge in [-0.2, -0.15) is 9.97 Å². The molecule has 20 heavy (non-hydrogen) atoms. The van der Waals surface area contributed by atoms with E-state index in [0.29, 0.717) is 12.0 Å². The van der Waals surface area contributed by atoms with E-state index < -0.39 is 0 Å². The lowest BCUT2D eigenvalue weighted by Crippen LogP contribution is -2.53. The van der Waals surface area contributed by atoms with Crippen LogP contribution in [0.2, 0.25) is 0 Å². The van der Waals surface area contributed by atoms with Gasteiger partial charge in [0, 0.05) is 25.2 Å². The Labute approximate surface area is 120 Å². The summed E-state index contributed by atoms with van der Waals surface area (Å²) < 4.78 is 0. The van der Waals surface area contributed by atoms with E-state index in [1.165, 1.54) is 25.9 Å². The van der Waals surface area contributed by atoms with Gasteiger partial charge in [-0.3, -0.25) is 0 Å². The summed E-state index contributed by atoms with van der Waals surface area (Å²) in [5, 5.41) is 6.82. The molecule has 0 spiro atoms. The summed E-state index contributed by atoms with van der Waals surface area (Å²) in [4.78, 5) is 11.1. The largest absolute Gasteiger partial charge is 0.370 e. The molecule has 0 amide bonds. The van der Waals surface area contributed by atoms with Crippen LogP contribution in [0.15, 0.2) is 6.07 Å². The number of anilines is 3. The van der Waals surface area contributed by atoms with Crippen molar-refractivity contribution >= 4 is 17.6 Å². The van der Waals surface area contributed by atoms with Gasteiger partial charge in [-0.15, -0.1) is 0 Å². The first-order valence-corrected chi connectivity index (χ1v) is 7.62. The van der Waals surface area contributed by atoms with E-state index in [4.69, 9.17) is 5.73 Å². The highest BCUT2D eigenvalue weighted by Gasteiger charge is 2.34. The quantitative estimate of drug-likeness (QED) is 0.754. The maximum atomic E-state index is 5.80. The molecule has 6 nitrogen and oxygen atoms in total. The Morgan fingerprint density at radius 2 is 2.05 bits per heavy atom. The predicted molar refractivity (Wildman–Crippen MR) is 81.8 cm³/mol. The third-order valence-corrected chi connectivity index (χ3v) is 4.29. The van der Waals surface area contributed by atoms with Gasteiger partial charge in [0.1, 0.15) is 11.6 Å². The molecule has 4 heterocycles. The Morgan fingerprint density at radius 1 is 1.30 bits per heavy atom. The minimum atomic E-state index is 0.329. The van der Waals surface area contributed by atoms with Gasteiger partial charge in [-0.05, 0) is 38.3 Å². The zero-order valence-corrected chi connectivity index (χ0v) is 12.1. The molecular weight excluding hydrogens is 252 g/mol. The topological polar surface area (TPSA) is 79.1 Å². The summed E-state index contributed by atoms with van der Waals surface area (Å²) in [5.74, 6) is 2.75. The van der Waals surface area contributed by atoms with Crippen LogP contribution in [0.25, 0.3) is 0 Å². The van der Waals surface area contributed by atoms with E-state index in [9.17, 15) is 0 Å². The zero-order valence-electron chi connectivity index (χ0n) is 12.1. The van der Waals surface area contributed by atoms with Crippen LogP contribution in [0.1, 0.15) is 26.2 Å². The van der Waals surface area contributed by atoms with Gasteiger partial charge in [0.2, 0.25) is 5.95 Å². The van der Waals surface area contributed by atoms with Crippen LogP contribution in [0.4, 0.5) is 17.6 Å². The molecule has 4 N–H and O–H groups in total. The minimum Gasteiger partial charge on any atom is -0.370 e. The molecule has 3 aliphatic heterocycles. The Kier molecular flexibility index (Phi) is 3.91. The van der Waals surface area contributed by atoms with Crippen molar-refractivity contribution in [3.8, 4) is 0 Å². The number of nitrogens with one attached hydrogen (secondary N) is 2. The standard InChI is InChI=1S/C14H24N6/c1-2-5-16-12-8-13(19-14(15)18-12)17-11-9-20-6-3-10(11)4-7-20/h8,10-11H,2-7,9H2,1H3,(H4,15,16,17,18,19). The molecule has 3 fully saturated rings. The van der Waals surface area contributed by atoms with E-state index in [1.54, 1.807) is 0 Å². The SMILES string of the molecule is CCCNc1cc(NC2CN3CCC2CC3)nc(N)n1. The van der Waals surface area contributed by atoms with Crippen LogP contribution in [0.3, 0.4) is 0 Å². The molecule has 1 atom stereocenters. The Bertz CT molecular complexity index is 455. The van der Waals surface area contributed by atoms with Crippen molar-refractivity contribution in [2.45, 2.75) is 32.2 Å². The summed E-state index contributed by atoms with van der Waals surface area (Å²) in [5.41, 5.74) is 5.80. The number of nitrogen functional groups attached to an aromatic ring is 1. The van der Waals surface area contributed by atoms with Gasteiger partial charge in [0.25, 0.3) is 0 Å². The van der Waals surface area contributed by atoms with Crippen molar-refractivity contribution in [3.63, 3.8) is 0 Å². The van der Waals surface area contributed by atoms with Crippen LogP contribution in [-0.4, -0.2) is 47.1 Å². The number of aromatic nitrogens is 2. The predicted octanol–water partition coefficient (Wildman–Crippen LogP) is 1.39. The van der Waals surface area contributed by atoms with Crippen molar-refractivity contribution in [3.05, 3.63) is 6.07 Å². The zero-order chi connectivity index (χ0) is 13.9. The van der Waals surface area contributed by atoms with Crippen LogP contribution < -0.4 is 16.4 Å². The monoisotopic (exact) mass is 276 g/mol. The fraction of sp³-hybridized carbons (Fsp3) is 0.714. The van der Waals surface area contributed by atoms with Crippen LogP contribution in [-0.2, 0) is 0 Å². The van der Waals surface area contributed by atoms with Gasteiger partial charge < -0.3 is 21.3 Å². The molecule has 0 saturated carbocycles. The van der Waals surface area contributed by atoms with Crippen LogP contribution >= 0.6 is 0 Å². The third kappa shape index (κ3) is 2.95. The van der Waals surface area contributed by atoms with E-state index in [-0.39, 0.29) is 0 Å². The third-order valence-electron chi connectivity index (χ3n) is 4.29. The van der Waals surface area contributed by atoms with E-state index in [0.717, 1.165) is 37.1 Å². The van der Waals surface area contributed by atoms with Gasteiger partial charge in [-0.1, -0.05) is 6.92 Å². The molecule has 3 saturated heterocycles. The normalized spacial score (nSPS) is 28.4. The lowest BCUT2D eigenvalue weighted by atomic mass is 9.84. The fourth-order valence-electron chi connectivity index (χ4n) is 3.20. The lowest BCUT2D eigenvalue weighted by Gasteiger charge is -2.45. The van der Waals surface area contributed by atoms with Crippen molar-refractivity contribution in [2.24, 2.45) is 5.92 Å². The second kappa shape index (κ2) is 5.83. The second-order valence-corrected chi connectivity index (χ2v) is 5.81. The smallest absolute Gasteiger partial charge is 0.223 e. The minimum absolute atomic E-state index is 0.329. The molecule has 110 valence electrons. The number of rotatable bonds is 5. The molecular formula is C14H24N6. The summed E-state index contributed by atoms with van der Waals surface area (Å²) in [6.07, 6.45) is 3.64. The highest BCUT2D eigenvalue weighted by molar-refractivity contribution is 5.51. The number of hydrogen-bond acceptors (Lipinski definition) is 6. The molecule has 2 bridgehead atoms.